The number of hydrogen-bond donors (Lipinski definition) is 1. The van der Waals surface area contributed by atoms with Gasteiger partial charge in [0.15, 0.2) is 0 Å². The summed E-state index contributed by atoms with van der Waals surface area (Å²) in [5.74, 6) is 0.340. The van der Waals surface area contributed by atoms with Gasteiger partial charge in [0.2, 0.25) is 0 Å². The molecule has 0 atom stereocenters. The van der Waals surface area contributed by atoms with E-state index in [1.165, 1.54) is 12.0 Å². The lowest BCUT2D eigenvalue weighted by molar-refractivity contribution is 0.475. The summed E-state index contributed by atoms with van der Waals surface area (Å²) in [6.07, 6.45) is 3.40. The fourth-order valence-corrected chi connectivity index (χ4v) is 1.26. The van der Waals surface area contributed by atoms with Crippen molar-refractivity contribution < 1.29 is 5.11 Å². The third-order valence-electron chi connectivity index (χ3n) is 2.03. The predicted molar refractivity (Wildman–Crippen MR) is 55.2 cm³/mol. The highest BCUT2D eigenvalue weighted by molar-refractivity contribution is 5.25. The quantitative estimate of drug-likeness (QED) is 0.691. The zero-order valence-corrected chi connectivity index (χ0v) is 8.03. The second-order valence-corrected chi connectivity index (χ2v) is 3.16. The van der Waals surface area contributed by atoms with E-state index in [4.69, 9.17) is 5.11 Å². The molecule has 0 spiro atoms. The molecule has 0 bridgehead atoms. The van der Waals surface area contributed by atoms with E-state index in [-0.39, 0.29) is 0 Å². The second kappa shape index (κ2) is 5.60. The first-order valence-corrected chi connectivity index (χ1v) is 4.66. The van der Waals surface area contributed by atoms with Crippen LogP contribution in [0.1, 0.15) is 18.4 Å². The maximum Gasteiger partial charge on any atom is 0.115 e. The molecule has 72 valence electrons. The minimum Gasteiger partial charge on any atom is -0.665 e. The van der Waals surface area contributed by atoms with Crippen LogP contribution in [-0.4, -0.2) is 18.7 Å². The molecule has 2 nitrogen and oxygen atoms in total. The van der Waals surface area contributed by atoms with Crippen LogP contribution in [0.25, 0.3) is 5.32 Å². The lowest BCUT2D eigenvalue weighted by Crippen LogP contribution is -1.87. The van der Waals surface area contributed by atoms with Gasteiger partial charge in [-0.25, -0.2) is 0 Å². The molecule has 0 aliphatic rings. The van der Waals surface area contributed by atoms with Crippen molar-refractivity contribution in [3.8, 4) is 5.75 Å². The maximum atomic E-state index is 9.05. The van der Waals surface area contributed by atoms with E-state index in [2.05, 4.69) is 5.32 Å². The van der Waals surface area contributed by atoms with Gasteiger partial charge in [-0.1, -0.05) is 25.0 Å². The third kappa shape index (κ3) is 3.95. The van der Waals surface area contributed by atoms with Crippen LogP contribution in [0.4, 0.5) is 0 Å². The monoisotopic (exact) mass is 178 g/mol. The van der Waals surface area contributed by atoms with Gasteiger partial charge in [-0.15, -0.1) is 6.54 Å². The summed E-state index contributed by atoms with van der Waals surface area (Å²) < 4.78 is 0. The minimum absolute atomic E-state index is 0.340. The summed E-state index contributed by atoms with van der Waals surface area (Å²) in [5.41, 5.74) is 1.29. The molecule has 1 aromatic carbocycles. The van der Waals surface area contributed by atoms with Gasteiger partial charge in [-0.3, -0.25) is 0 Å². The molecule has 1 aromatic rings. The van der Waals surface area contributed by atoms with Crippen molar-refractivity contribution in [2.75, 3.05) is 13.6 Å². The number of phenols is 1. The van der Waals surface area contributed by atoms with Gasteiger partial charge < -0.3 is 10.4 Å². The zero-order chi connectivity index (χ0) is 9.52. The van der Waals surface area contributed by atoms with Gasteiger partial charge >= 0.3 is 0 Å². The van der Waals surface area contributed by atoms with E-state index in [9.17, 15) is 0 Å². The highest BCUT2D eigenvalue weighted by atomic mass is 16.3. The first-order valence-electron chi connectivity index (χ1n) is 4.66. The van der Waals surface area contributed by atoms with Crippen molar-refractivity contribution in [2.45, 2.75) is 19.3 Å². The van der Waals surface area contributed by atoms with Gasteiger partial charge in [0.25, 0.3) is 0 Å². The van der Waals surface area contributed by atoms with Crippen molar-refractivity contribution in [1.82, 2.24) is 0 Å². The number of phenolic OH excluding ortho intramolecular Hbond substituents is 1. The van der Waals surface area contributed by atoms with Gasteiger partial charge in [0, 0.05) is 0 Å². The summed E-state index contributed by atoms with van der Waals surface area (Å²) in [5, 5.41) is 13.1. The van der Waals surface area contributed by atoms with Crippen LogP contribution in [0.15, 0.2) is 24.3 Å². The Morgan fingerprint density at radius 2 is 1.85 bits per heavy atom. The molecule has 1 rings (SSSR count). The number of aromatic hydroxyl groups is 1. The summed E-state index contributed by atoms with van der Waals surface area (Å²) in [6, 6.07) is 7.41. The predicted octanol–water partition coefficient (Wildman–Crippen LogP) is 2.72. The van der Waals surface area contributed by atoms with Crippen LogP contribution in [0, 0.1) is 0 Å². The van der Waals surface area contributed by atoms with Crippen molar-refractivity contribution >= 4 is 0 Å². The molecule has 0 fully saturated rings. The summed E-state index contributed by atoms with van der Waals surface area (Å²) >= 11 is 0. The summed E-state index contributed by atoms with van der Waals surface area (Å²) in [7, 11) is 1.85. The number of nitrogens with zero attached hydrogens (tertiary/aromatic N) is 1. The third-order valence-corrected chi connectivity index (χ3v) is 2.03. The van der Waals surface area contributed by atoms with Gasteiger partial charge in [-0.05, 0) is 24.1 Å². The van der Waals surface area contributed by atoms with Gasteiger partial charge in [-0.2, -0.15) is 7.05 Å². The maximum absolute atomic E-state index is 9.05. The van der Waals surface area contributed by atoms with Crippen LogP contribution < -0.4 is 0 Å². The fourth-order valence-electron chi connectivity index (χ4n) is 1.26. The topological polar surface area (TPSA) is 34.3 Å². The van der Waals surface area contributed by atoms with E-state index in [0.717, 1.165) is 19.4 Å². The molecule has 13 heavy (non-hydrogen) atoms. The fraction of sp³-hybridized carbons (Fsp3) is 0.455. The normalized spacial score (nSPS) is 10.2. The molecule has 0 aliphatic heterocycles. The largest absolute Gasteiger partial charge is 0.665 e. The second-order valence-electron chi connectivity index (χ2n) is 3.16. The van der Waals surface area contributed by atoms with Crippen molar-refractivity contribution in [2.24, 2.45) is 0 Å². The van der Waals surface area contributed by atoms with E-state index in [1.54, 1.807) is 12.1 Å². The van der Waals surface area contributed by atoms with Crippen LogP contribution in [-0.2, 0) is 6.42 Å². The Labute approximate surface area is 79.6 Å². The zero-order valence-electron chi connectivity index (χ0n) is 8.03. The van der Waals surface area contributed by atoms with E-state index >= 15 is 0 Å². The molecule has 0 aromatic heterocycles. The van der Waals surface area contributed by atoms with Crippen LogP contribution in [0.2, 0.25) is 0 Å². The molecule has 0 unspecified atom stereocenters. The Bertz CT molecular complexity index is 230. The van der Waals surface area contributed by atoms with Gasteiger partial charge in [0.1, 0.15) is 5.75 Å². The summed E-state index contributed by atoms with van der Waals surface area (Å²) in [6.45, 7) is 0.956. The Hall–Kier alpha value is -1.02. The van der Waals surface area contributed by atoms with Crippen LogP contribution >= 0.6 is 0 Å². The highest BCUT2D eigenvalue weighted by Gasteiger charge is 1.91. The van der Waals surface area contributed by atoms with E-state index in [1.807, 2.05) is 19.2 Å². The summed E-state index contributed by atoms with van der Waals surface area (Å²) in [4.78, 5) is 0. The average Bonchev–Trinajstić information content (AvgIpc) is 2.15. The SMILES string of the molecule is C[N-]CCCCc1ccc(O)cc1. The smallest absolute Gasteiger partial charge is 0.115 e. The minimum atomic E-state index is 0.340. The Morgan fingerprint density at radius 1 is 1.15 bits per heavy atom. The number of aryl methyl sites for hydroxylation is 1. The Kier molecular flexibility index (Phi) is 4.33. The molecule has 2 heteroatoms. The molecular formula is C11H16NO-. The number of rotatable bonds is 5. The first-order chi connectivity index (χ1) is 6.33. The van der Waals surface area contributed by atoms with Gasteiger partial charge in [0.05, 0.1) is 0 Å². The van der Waals surface area contributed by atoms with E-state index < -0.39 is 0 Å². The molecule has 0 saturated heterocycles. The van der Waals surface area contributed by atoms with Crippen LogP contribution in [0.3, 0.4) is 0 Å². The highest BCUT2D eigenvalue weighted by Crippen LogP contribution is 2.11. The standard InChI is InChI=1S/C11H16NO/c1-12-9-3-2-4-10-5-7-11(13)8-6-10/h5-8,13H,2-4,9H2,1H3/q-1. The molecule has 0 radical (unpaired) electrons. The molecule has 1 N–H and O–H groups in total. The molecule has 0 amide bonds. The number of hydrogen-bond acceptors (Lipinski definition) is 1. The van der Waals surface area contributed by atoms with Crippen molar-refractivity contribution in [3.63, 3.8) is 0 Å². The van der Waals surface area contributed by atoms with Crippen molar-refractivity contribution in [3.05, 3.63) is 35.1 Å². The first kappa shape index (κ1) is 10.1. The van der Waals surface area contributed by atoms with E-state index in [0.29, 0.717) is 5.75 Å². The van der Waals surface area contributed by atoms with Crippen molar-refractivity contribution in [1.29, 1.82) is 0 Å². The lowest BCUT2D eigenvalue weighted by Gasteiger charge is -2.09. The molecular weight excluding hydrogens is 162 g/mol. The average molecular weight is 178 g/mol. The Morgan fingerprint density at radius 3 is 2.46 bits per heavy atom. The Balaban J connectivity index is 2.25. The number of unbranched alkanes of at least 4 members (excludes halogenated alkanes) is 1. The number of benzene rings is 1. The van der Waals surface area contributed by atoms with Crippen LogP contribution in [0.5, 0.6) is 5.75 Å². The molecule has 0 saturated carbocycles. The lowest BCUT2D eigenvalue weighted by atomic mass is 10.1. The molecule has 0 aliphatic carbocycles. The molecule has 0 heterocycles.